The molecule has 1 aliphatic carbocycles. The fourth-order valence-electron chi connectivity index (χ4n) is 4.24. The van der Waals surface area contributed by atoms with Crippen molar-refractivity contribution in [2.75, 3.05) is 23.7 Å². The number of aryl methyl sites for hydroxylation is 1. The van der Waals surface area contributed by atoms with Crippen LogP contribution in [0, 0.1) is 28.9 Å². The molecule has 176 valence electrons. The summed E-state index contributed by atoms with van der Waals surface area (Å²) in [5.41, 5.74) is 1.35. The molecule has 9 nitrogen and oxygen atoms in total. The van der Waals surface area contributed by atoms with Crippen LogP contribution < -0.4 is 10.6 Å². The first-order valence-electron chi connectivity index (χ1n) is 10.9. The molecule has 0 bridgehead atoms. The van der Waals surface area contributed by atoms with E-state index in [9.17, 15) is 24.5 Å². The van der Waals surface area contributed by atoms with Gasteiger partial charge in [0, 0.05) is 35.4 Å². The lowest BCUT2D eigenvalue weighted by molar-refractivity contribution is -0.384. The Balaban J connectivity index is 1.42. The molecule has 0 saturated carbocycles. The quantitative estimate of drug-likeness (QED) is 0.264. The minimum Gasteiger partial charge on any atom is -0.378 e. The number of halogens is 1. The maximum Gasteiger partial charge on any atom is 0.293 e. The highest BCUT2D eigenvalue weighted by Crippen LogP contribution is 2.35. The van der Waals surface area contributed by atoms with Gasteiger partial charge in [-0.15, -0.1) is 0 Å². The third-order valence-electron chi connectivity index (χ3n) is 6.14. The van der Waals surface area contributed by atoms with Gasteiger partial charge in [-0.3, -0.25) is 29.4 Å². The average Bonchev–Trinajstić information content (AvgIpc) is 3.06. The number of nitro groups is 1. The van der Waals surface area contributed by atoms with Gasteiger partial charge >= 0.3 is 0 Å². The highest BCUT2D eigenvalue weighted by molar-refractivity contribution is 6.31. The van der Waals surface area contributed by atoms with Gasteiger partial charge in [0.2, 0.25) is 11.8 Å². The molecule has 10 heteroatoms. The summed E-state index contributed by atoms with van der Waals surface area (Å²) in [5.74, 6) is -1.53. The zero-order chi connectivity index (χ0) is 24.4. The maximum absolute atomic E-state index is 12.6. The lowest BCUT2D eigenvalue weighted by Crippen LogP contribution is -2.35. The molecule has 0 unspecified atom stereocenters. The second-order valence-electron chi connectivity index (χ2n) is 8.32. The molecule has 1 aliphatic heterocycles. The van der Waals surface area contributed by atoms with Gasteiger partial charge in [-0.1, -0.05) is 29.8 Å². The molecule has 0 aromatic heterocycles. The predicted octanol–water partition coefficient (Wildman–Crippen LogP) is 4.17. The van der Waals surface area contributed by atoms with Crippen molar-refractivity contribution in [3.63, 3.8) is 0 Å². The summed E-state index contributed by atoms with van der Waals surface area (Å²) in [5, 5.41) is 17.7. The molecule has 34 heavy (non-hydrogen) atoms. The number of benzene rings is 2. The number of hydrogen-bond donors (Lipinski definition) is 2. The van der Waals surface area contributed by atoms with E-state index in [4.69, 9.17) is 11.6 Å². The van der Waals surface area contributed by atoms with Gasteiger partial charge in [0.1, 0.15) is 5.69 Å². The number of nitrogens with zero attached hydrogens (tertiary/aromatic N) is 2. The normalized spacial score (nSPS) is 19.2. The van der Waals surface area contributed by atoms with Crippen LogP contribution in [-0.2, 0) is 9.59 Å². The number of nitro benzene ring substituents is 1. The van der Waals surface area contributed by atoms with Gasteiger partial charge in [0.15, 0.2) is 0 Å². The molecule has 2 N–H and O–H groups in total. The molecule has 2 aliphatic rings. The van der Waals surface area contributed by atoms with Gasteiger partial charge in [0.25, 0.3) is 11.6 Å². The third kappa shape index (κ3) is 4.65. The zero-order valence-electron chi connectivity index (χ0n) is 18.4. The van der Waals surface area contributed by atoms with Gasteiger partial charge in [-0.25, -0.2) is 0 Å². The van der Waals surface area contributed by atoms with Crippen molar-refractivity contribution in [1.82, 2.24) is 4.90 Å². The third-order valence-corrected chi connectivity index (χ3v) is 6.54. The minimum atomic E-state index is -0.589. The molecule has 2 atom stereocenters. The number of likely N-dealkylation sites (tertiary alicyclic amines) is 1. The van der Waals surface area contributed by atoms with E-state index in [0.29, 0.717) is 23.6 Å². The Kier molecular flexibility index (Phi) is 6.65. The number of hydrogen-bond acceptors (Lipinski definition) is 6. The number of carbonyl (C=O) groups excluding carboxylic acids is 3. The Morgan fingerprint density at radius 2 is 1.79 bits per heavy atom. The van der Waals surface area contributed by atoms with Crippen LogP contribution in [0.4, 0.5) is 17.1 Å². The van der Waals surface area contributed by atoms with Crippen LogP contribution in [0.3, 0.4) is 0 Å². The first-order chi connectivity index (χ1) is 16.3. The van der Waals surface area contributed by atoms with Crippen molar-refractivity contribution in [2.45, 2.75) is 19.8 Å². The first-order valence-corrected chi connectivity index (χ1v) is 11.2. The highest BCUT2D eigenvalue weighted by Gasteiger charge is 2.46. The van der Waals surface area contributed by atoms with Crippen LogP contribution in [-0.4, -0.2) is 40.6 Å². The monoisotopic (exact) mass is 482 g/mol. The maximum atomic E-state index is 12.6. The smallest absolute Gasteiger partial charge is 0.293 e. The SMILES string of the molecule is Cc1ccc(NC(=O)c2ccc(NCCN3C(=O)[C@H]4CC=CC[C@H]4C3=O)c([N+](=O)[O-])c2)cc1Cl. The van der Waals surface area contributed by atoms with Gasteiger partial charge in [0.05, 0.1) is 16.8 Å². The topological polar surface area (TPSA) is 122 Å². The molecule has 4 rings (SSSR count). The molecular formula is C24H23ClN4O5. The number of amides is 3. The van der Waals surface area contributed by atoms with Crippen LogP contribution in [0.5, 0.6) is 0 Å². The Labute approximate surface area is 200 Å². The van der Waals surface area contributed by atoms with E-state index in [0.717, 1.165) is 5.56 Å². The Morgan fingerprint density at radius 1 is 1.12 bits per heavy atom. The largest absolute Gasteiger partial charge is 0.378 e. The van der Waals surface area contributed by atoms with Crippen molar-refractivity contribution in [2.24, 2.45) is 11.8 Å². The van der Waals surface area contributed by atoms with E-state index >= 15 is 0 Å². The molecule has 0 spiro atoms. The molecular weight excluding hydrogens is 460 g/mol. The van der Waals surface area contributed by atoms with Crippen molar-refractivity contribution in [3.05, 3.63) is 74.8 Å². The van der Waals surface area contributed by atoms with E-state index in [1.54, 1.807) is 18.2 Å². The second kappa shape index (κ2) is 9.64. The van der Waals surface area contributed by atoms with Gasteiger partial charge < -0.3 is 10.6 Å². The fraction of sp³-hybridized carbons (Fsp3) is 0.292. The van der Waals surface area contributed by atoms with Crippen molar-refractivity contribution in [3.8, 4) is 0 Å². The molecule has 1 saturated heterocycles. The van der Waals surface area contributed by atoms with Crippen molar-refractivity contribution in [1.29, 1.82) is 0 Å². The van der Waals surface area contributed by atoms with E-state index in [-0.39, 0.29) is 53.7 Å². The summed E-state index contributed by atoms with van der Waals surface area (Å²) >= 11 is 6.08. The summed E-state index contributed by atoms with van der Waals surface area (Å²) in [6, 6.07) is 9.14. The Bertz CT molecular complexity index is 1190. The lowest BCUT2D eigenvalue weighted by atomic mass is 9.85. The van der Waals surface area contributed by atoms with Crippen LogP contribution >= 0.6 is 11.6 Å². The molecule has 1 heterocycles. The number of carbonyl (C=O) groups is 3. The van der Waals surface area contributed by atoms with E-state index in [2.05, 4.69) is 10.6 Å². The molecule has 0 radical (unpaired) electrons. The van der Waals surface area contributed by atoms with Gasteiger partial charge in [-0.05, 0) is 49.6 Å². The average molecular weight is 483 g/mol. The van der Waals surface area contributed by atoms with Crippen LogP contribution in [0.2, 0.25) is 5.02 Å². The zero-order valence-corrected chi connectivity index (χ0v) is 19.2. The van der Waals surface area contributed by atoms with Crippen LogP contribution in [0.1, 0.15) is 28.8 Å². The number of imide groups is 1. The van der Waals surface area contributed by atoms with Gasteiger partial charge in [-0.2, -0.15) is 0 Å². The van der Waals surface area contributed by atoms with E-state index in [1.807, 2.05) is 19.1 Å². The summed E-state index contributed by atoms with van der Waals surface area (Å²) in [6.07, 6.45) is 4.96. The minimum absolute atomic E-state index is 0.107. The standard InChI is InChI=1S/C24H23ClN4O5/c1-14-6-8-16(13-19(14)25)27-22(30)15-7-9-20(21(12-15)29(33)34)26-10-11-28-23(31)17-4-2-3-5-18(17)24(28)32/h2-3,6-9,12-13,17-18,26H,4-5,10-11H2,1H3,(H,27,30)/t17-,18+. The molecule has 1 fully saturated rings. The summed E-state index contributed by atoms with van der Waals surface area (Å²) in [6.45, 7) is 2.10. The molecule has 3 amide bonds. The summed E-state index contributed by atoms with van der Waals surface area (Å²) < 4.78 is 0. The summed E-state index contributed by atoms with van der Waals surface area (Å²) in [7, 11) is 0. The number of fused-ring (bicyclic) bond motifs is 1. The van der Waals surface area contributed by atoms with Crippen LogP contribution in [0.25, 0.3) is 0 Å². The fourth-order valence-corrected chi connectivity index (χ4v) is 4.42. The van der Waals surface area contributed by atoms with Crippen molar-refractivity contribution >= 4 is 46.4 Å². The molecule has 2 aromatic carbocycles. The van der Waals surface area contributed by atoms with E-state index < -0.39 is 10.8 Å². The Hall–Kier alpha value is -3.72. The predicted molar refractivity (Wildman–Crippen MR) is 128 cm³/mol. The Morgan fingerprint density at radius 3 is 2.41 bits per heavy atom. The molecule has 2 aromatic rings. The highest BCUT2D eigenvalue weighted by atomic mass is 35.5. The van der Waals surface area contributed by atoms with E-state index in [1.165, 1.54) is 23.1 Å². The van der Waals surface area contributed by atoms with Crippen molar-refractivity contribution < 1.29 is 19.3 Å². The second-order valence-corrected chi connectivity index (χ2v) is 8.73. The van der Waals surface area contributed by atoms with Crippen LogP contribution in [0.15, 0.2) is 48.6 Å². The lowest BCUT2D eigenvalue weighted by Gasteiger charge is -2.16. The summed E-state index contributed by atoms with van der Waals surface area (Å²) in [4.78, 5) is 50.0. The first kappa shape index (κ1) is 23.4. The number of rotatable bonds is 7. The number of nitrogens with one attached hydrogen (secondary N) is 2. The number of allylic oxidation sites excluding steroid dienone is 2. The number of anilines is 2.